The van der Waals surface area contributed by atoms with Gasteiger partial charge in [-0.1, -0.05) is 18.2 Å². The third-order valence-corrected chi connectivity index (χ3v) is 4.07. The fraction of sp³-hybridized carbons (Fsp3) is 0.357. The van der Waals surface area contributed by atoms with Gasteiger partial charge in [0.15, 0.2) is 0 Å². The first-order chi connectivity index (χ1) is 8.33. The van der Waals surface area contributed by atoms with Crippen LogP contribution in [-0.4, -0.2) is 17.6 Å². The quantitative estimate of drug-likeness (QED) is 0.859. The fourth-order valence-electron chi connectivity index (χ4n) is 2.48. The van der Waals surface area contributed by atoms with Crippen LogP contribution >= 0.6 is 15.9 Å². The largest absolute Gasteiger partial charge is 0.314 e. The summed E-state index contributed by atoms with van der Waals surface area (Å²) in [6.45, 7) is 1.16. The van der Waals surface area contributed by atoms with Gasteiger partial charge >= 0.3 is 0 Å². The maximum atomic E-state index is 4.61. The molecule has 17 heavy (non-hydrogen) atoms. The first-order valence-corrected chi connectivity index (χ1v) is 6.90. The van der Waals surface area contributed by atoms with Crippen molar-refractivity contribution in [3.63, 3.8) is 0 Å². The highest BCUT2D eigenvalue weighted by molar-refractivity contribution is 9.10. The Kier molecular flexibility index (Phi) is 3.12. The fourth-order valence-corrected chi connectivity index (χ4v) is 2.94. The number of nitrogens with zero attached hydrogens (tertiary/aromatic N) is 1. The summed E-state index contributed by atoms with van der Waals surface area (Å²) in [5.41, 5.74) is 2.37. The van der Waals surface area contributed by atoms with Crippen LogP contribution in [0.1, 0.15) is 18.4 Å². The van der Waals surface area contributed by atoms with Crippen molar-refractivity contribution in [1.82, 2.24) is 10.3 Å². The van der Waals surface area contributed by atoms with Crippen LogP contribution in [0, 0.1) is 0 Å². The Bertz CT molecular complexity index is 533. The molecule has 0 spiro atoms. The third-order valence-electron chi connectivity index (χ3n) is 3.38. The van der Waals surface area contributed by atoms with Gasteiger partial charge in [-0.3, -0.25) is 0 Å². The van der Waals surface area contributed by atoms with Gasteiger partial charge < -0.3 is 5.32 Å². The highest BCUT2D eigenvalue weighted by atomic mass is 79.9. The molecule has 2 heterocycles. The molecular weight excluding hydrogens is 276 g/mol. The summed E-state index contributed by atoms with van der Waals surface area (Å²) in [5, 5.41) is 4.76. The van der Waals surface area contributed by atoms with Crippen LogP contribution in [0.15, 0.2) is 34.9 Å². The van der Waals surface area contributed by atoms with Crippen LogP contribution in [-0.2, 0) is 6.42 Å². The Morgan fingerprint density at radius 1 is 1.35 bits per heavy atom. The Balaban J connectivity index is 1.95. The number of fused-ring (bicyclic) bond motifs is 1. The molecule has 1 N–H and O–H groups in total. The van der Waals surface area contributed by atoms with E-state index in [1.807, 2.05) is 6.07 Å². The predicted molar refractivity (Wildman–Crippen MR) is 74.2 cm³/mol. The first-order valence-electron chi connectivity index (χ1n) is 6.10. The molecule has 0 bridgehead atoms. The average Bonchev–Trinajstić information content (AvgIpc) is 2.83. The average molecular weight is 291 g/mol. The smallest absolute Gasteiger partial charge is 0.110 e. The zero-order valence-electron chi connectivity index (χ0n) is 9.62. The molecule has 1 atom stereocenters. The monoisotopic (exact) mass is 290 g/mol. The first kappa shape index (κ1) is 11.2. The van der Waals surface area contributed by atoms with E-state index in [-0.39, 0.29) is 0 Å². The van der Waals surface area contributed by atoms with Crippen molar-refractivity contribution in [2.45, 2.75) is 25.3 Å². The van der Waals surface area contributed by atoms with Gasteiger partial charge in [0.1, 0.15) is 4.60 Å². The predicted octanol–water partition coefficient (Wildman–Crippen LogP) is 3.29. The topological polar surface area (TPSA) is 24.9 Å². The number of rotatable bonds is 2. The molecule has 0 amide bonds. The van der Waals surface area contributed by atoms with E-state index in [9.17, 15) is 0 Å². The number of para-hydroxylation sites is 1. The summed E-state index contributed by atoms with van der Waals surface area (Å²) in [5.74, 6) is 0. The lowest BCUT2D eigenvalue weighted by Gasteiger charge is -2.12. The number of pyridine rings is 1. The second-order valence-corrected chi connectivity index (χ2v) is 5.38. The number of benzene rings is 1. The summed E-state index contributed by atoms with van der Waals surface area (Å²) in [6.07, 6.45) is 3.64. The Labute approximate surface area is 110 Å². The summed E-state index contributed by atoms with van der Waals surface area (Å²) in [6, 6.07) is 11.1. The van der Waals surface area contributed by atoms with E-state index >= 15 is 0 Å². The highest BCUT2D eigenvalue weighted by Gasteiger charge is 2.16. The van der Waals surface area contributed by atoms with E-state index in [1.54, 1.807) is 0 Å². The van der Waals surface area contributed by atoms with Crippen LogP contribution < -0.4 is 5.32 Å². The van der Waals surface area contributed by atoms with Crippen molar-refractivity contribution in [2.24, 2.45) is 0 Å². The number of halogens is 1. The van der Waals surface area contributed by atoms with Crippen LogP contribution in [0.25, 0.3) is 10.9 Å². The van der Waals surface area contributed by atoms with E-state index < -0.39 is 0 Å². The lowest BCUT2D eigenvalue weighted by Crippen LogP contribution is -2.23. The van der Waals surface area contributed by atoms with Gasteiger partial charge in [0.2, 0.25) is 0 Å². The van der Waals surface area contributed by atoms with Crippen LogP contribution in [0.2, 0.25) is 0 Å². The van der Waals surface area contributed by atoms with Gasteiger partial charge in [0, 0.05) is 11.4 Å². The Morgan fingerprint density at radius 3 is 3.06 bits per heavy atom. The van der Waals surface area contributed by atoms with Gasteiger partial charge in [-0.25, -0.2) is 4.98 Å². The number of nitrogens with one attached hydrogen (secondary N) is 1. The molecule has 88 valence electrons. The molecule has 0 saturated carbocycles. The standard InChI is InChI=1S/C14H15BrN2/c15-14-11(9-12-5-3-7-16-12)8-10-4-1-2-6-13(10)17-14/h1-2,4,6,8,12,16H,3,5,7,9H2. The molecule has 1 aliphatic heterocycles. The van der Waals surface area contributed by atoms with Gasteiger partial charge in [0.25, 0.3) is 0 Å². The lowest BCUT2D eigenvalue weighted by molar-refractivity contribution is 0.601. The van der Waals surface area contributed by atoms with Crippen LogP contribution in [0.4, 0.5) is 0 Å². The Morgan fingerprint density at radius 2 is 2.24 bits per heavy atom. The van der Waals surface area contributed by atoms with Crippen molar-refractivity contribution in [3.8, 4) is 0 Å². The molecule has 2 aromatic rings. The van der Waals surface area contributed by atoms with E-state index in [4.69, 9.17) is 0 Å². The summed E-state index contributed by atoms with van der Waals surface area (Å²) < 4.78 is 0.991. The van der Waals surface area contributed by atoms with Gasteiger partial charge in [-0.15, -0.1) is 0 Å². The van der Waals surface area contributed by atoms with Crippen molar-refractivity contribution < 1.29 is 0 Å². The number of hydrogen-bond acceptors (Lipinski definition) is 2. The molecule has 2 nitrogen and oxygen atoms in total. The molecule has 3 heteroatoms. The number of hydrogen-bond donors (Lipinski definition) is 1. The SMILES string of the molecule is Brc1nc2ccccc2cc1CC1CCCN1. The molecule has 1 saturated heterocycles. The minimum Gasteiger partial charge on any atom is -0.314 e. The molecule has 3 rings (SSSR count). The summed E-state index contributed by atoms with van der Waals surface area (Å²) in [7, 11) is 0. The lowest BCUT2D eigenvalue weighted by atomic mass is 10.0. The molecule has 1 aliphatic rings. The highest BCUT2D eigenvalue weighted by Crippen LogP contribution is 2.23. The van der Waals surface area contributed by atoms with E-state index in [0.29, 0.717) is 6.04 Å². The third kappa shape index (κ3) is 2.35. The summed E-state index contributed by atoms with van der Waals surface area (Å²) in [4.78, 5) is 4.61. The van der Waals surface area contributed by atoms with Crippen molar-refractivity contribution in [3.05, 3.63) is 40.5 Å². The minimum absolute atomic E-state index is 0.620. The second kappa shape index (κ2) is 4.75. The molecular formula is C14H15BrN2. The van der Waals surface area contributed by atoms with Gasteiger partial charge in [-0.2, -0.15) is 0 Å². The molecule has 0 radical (unpaired) electrons. The second-order valence-electron chi connectivity index (χ2n) is 4.63. The van der Waals surface area contributed by atoms with Crippen molar-refractivity contribution in [2.75, 3.05) is 6.54 Å². The van der Waals surface area contributed by atoms with Crippen molar-refractivity contribution in [1.29, 1.82) is 0 Å². The number of aromatic nitrogens is 1. The molecule has 1 aromatic heterocycles. The van der Waals surface area contributed by atoms with Crippen LogP contribution in [0.3, 0.4) is 0 Å². The zero-order chi connectivity index (χ0) is 11.7. The van der Waals surface area contributed by atoms with Crippen LogP contribution in [0.5, 0.6) is 0 Å². The maximum Gasteiger partial charge on any atom is 0.110 e. The summed E-state index contributed by atoms with van der Waals surface area (Å²) >= 11 is 3.59. The normalized spacial score (nSPS) is 19.9. The molecule has 1 aromatic carbocycles. The molecule has 1 unspecified atom stereocenters. The van der Waals surface area contributed by atoms with E-state index in [1.165, 1.54) is 23.8 Å². The van der Waals surface area contributed by atoms with E-state index in [0.717, 1.165) is 23.1 Å². The zero-order valence-corrected chi connectivity index (χ0v) is 11.2. The maximum absolute atomic E-state index is 4.61. The Hall–Kier alpha value is -0.930. The molecule has 1 fully saturated rings. The minimum atomic E-state index is 0.620. The molecule has 0 aliphatic carbocycles. The van der Waals surface area contributed by atoms with Gasteiger partial charge in [-0.05, 0) is 59.4 Å². The van der Waals surface area contributed by atoms with Gasteiger partial charge in [0.05, 0.1) is 5.52 Å². The van der Waals surface area contributed by atoms with Crippen molar-refractivity contribution >= 4 is 26.8 Å². The van der Waals surface area contributed by atoms with E-state index in [2.05, 4.69) is 50.5 Å².